The fraction of sp³-hybridized carbons (Fsp3) is 0.375. The average molecular weight is 724 g/mol. The first-order valence-corrected chi connectivity index (χ1v) is 15.8. The quantitative estimate of drug-likeness (QED) is 0.231. The van der Waals surface area contributed by atoms with Gasteiger partial charge in [-0.1, -0.05) is 35.3 Å². The van der Waals surface area contributed by atoms with Crippen LogP contribution in [0.25, 0.3) is 0 Å². The van der Waals surface area contributed by atoms with Crippen molar-refractivity contribution in [1.29, 1.82) is 5.41 Å². The normalized spacial score (nSPS) is 19.7. The number of carboxylic acid groups (broad SMARTS) is 1. The first-order valence-electron chi connectivity index (χ1n) is 15.1. The summed E-state index contributed by atoms with van der Waals surface area (Å²) >= 11 is 12.5. The second kappa shape index (κ2) is 13.7. The highest BCUT2D eigenvalue weighted by molar-refractivity contribution is 6.35. The number of piperidine rings is 1. The van der Waals surface area contributed by atoms with Crippen LogP contribution in [0.4, 0.5) is 24.8 Å². The Morgan fingerprint density at radius 1 is 1.16 bits per heavy atom. The molecule has 0 radical (unpaired) electrons. The maximum atomic E-state index is 14.3. The van der Waals surface area contributed by atoms with Gasteiger partial charge in [-0.3, -0.25) is 23.7 Å². The number of carboxylic acids is 1. The number of hydrogen-bond donors (Lipinski definition) is 3. The standard InChI is InChI=1S/C32H31Cl2F3N6O6/c1-17(28(47)41-9-3-4-19(16-41)24(38)13-26(44)45)40-27(46)25-15-39-30-42(22-11-20(33)10-21(34)12-22)29(48)31(2,43(25)30)14-18-5-7-23(8-6-18)49-32(35,36)37/h5-8,10-12,15,17,19,38H,3-4,9,13-14,16H2,1-2H3,(H,40,46)(H,44,45)/t17?,19?,31-/m1/s1. The molecule has 3 heterocycles. The van der Waals surface area contributed by atoms with Crippen LogP contribution in [-0.4, -0.2) is 74.5 Å². The molecule has 0 aliphatic carbocycles. The summed E-state index contributed by atoms with van der Waals surface area (Å²) in [4.78, 5) is 59.6. The van der Waals surface area contributed by atoms with Gasteiger partial charge in [-0.2, -0.15) is 0 Å². The number of amides is 3. The van der Waals surface area contributed by atoms with Crippen molar-refractivity contribution in [3.8, 4) is 5.75 Å². The van der Waals surface area contributed by atoms with Gasteiger partial charge in [0.1, 0.15) is 23.0 Å². The minimum atomic E-state index is -4.89. The van der Waals surface area contributed by atoms with Gasteiger partial charge in [0, 0.05) is 41.2 Å². The van der Waals surface area contributed by atoms with Gasteiger partial charge in [0.2, 0.25) is 11.9 Å². The fourth-order valence-electron chi connectivity index (χ4n) is 6.21. The predicted octanol–water partition coefficient (Wildman–Crippen LogP) is 5.58. The molecular weight excluding hydrogens is 692 g/mol. The van der Waals surface area contributed by atoms with Crippen LogP contribution in [0.1, 0.15) is 49.2 Å². The highest BCUT2D eigenvalue weighted by atomic mass is 35.5. The third kappa shape index (κ3) is 7.67. The molecule has 17 heteroatoms. The smallest absolute Gasteiger partial charge is 0.481 e. The first kappa shape index (κ1) is 35.7. The zero-order valence-electron chi connectivity index (χ0n) is 26.2. The third-order valence-electron chi connectivity index (χ3n) is 8.43. The topological polar surface area (TPSA) is 158 Å². The SMILES string of the molecule is CC(NC(=O)c1cnc2n1[C@](C)(Cc1ccc(OC(F)(F)F)cc1)C(=O)N2c1cc(Cl)cc(Cl)c1)C(=O)N1CCCC(C(=N)CC(=O)O)C1. The number of halogens is 5. The molecule has 1 aromatic heterocycles. The number of aliphatic carboxylic acids is 1. The maximum Gasteiger partial charge on any atom is 0.573 e. The molecule has 1 saturated heterocycles. The number of carbonyl (C=O) groups is 4. The number of benzene rings is 2. The van der Waals surface area contributed by atoms with Crippen molar-refractivity contribution in [2.75, 3.05) is 18.0 Å². The Labute approximate surface area is 288 Å². The Bertz CT molecular complexity index is 1800. The van der Waals surface area contributed by atoms with Gasteiger partial charge in [0.05, 0.1) is 18.3 Å². The number of likely N-dealkylation sites (tertiary alicyclic amines) is 1. The minimum absolute atomic E-state index is 0.0218. The zero-order valence-corrected chi connectivity index (χ0v) is 27.7. The molecule has 2 aliphatic heterocycles. The number of hydrogen-bond acceptors (Lipinski definition) is 7. The van der Waals surface area contributed by atoms with Gasteiger partial charge in [0.25, 0.3) is 11.8 Å². The van der Waals surface area contributed by atoms with Crippen molar-refractivity contribution >= 4 is 64.2 Å². The fourth-order valence-corrected chi connectivity index (χ4v) is 6.73. The molecule has 2 aliphatic rings. The zero-order chi connectivity index (χ0) is 35.8. The van der Waals surface area contributed by atoms with Crippen molar-refractivity contribution in [3.63, 3.8) is 0 Å². The number of anilines is 2. The molecule has 2 aromatic carbocycles. The molecule has 3 N–H and O–H groups in total. The van der Waals surface area contributed by atoms with E-state index in [0.29, 0.717) is 24.9 Å². The first-order chi connectivity index (χ1) is 23.0. The monoisotopic (exact) mass is 722 g/mol. The second-order valence-electron chi connectivity index (χ2n) is 12.1. The number of rotatable bonds is 10. The summed E-state index contributed by atoms with van der Waals surface area (Å²) in [7, 11) is 0. The summed E-state index contributed by atoms with van der Waals surface area (Å²) in [6.07, 6.45) is -3.03. The molecule has 2 unspecified atom stereocenters. The van der Waals surface area contributed by atoms with Crippen molar-refractivity contribution in [2.45, 2.75) is 57.5 Å². The van der Waals surface area contributed by atoms with E-state index in [9.17, 15) is 32.3 Å². The molecule has 0 bridgehead atoms. The molecule has 3 amide bonds. The van der Waals surface area contributed by atoms with E-state index in [4.69, 9.17) is 33.7 Å². The molecule has 0 saturated carbocycles. The number of ether oxygens (including phenoxy) is 1. The van der Waals surface area contributed by atoms with Crippen molar-refractivity contribution in [1.82, 2.24) is 19.8 Å². The number of nitrogens with one attached hydrogen (secondary N) is 2. The summed E-state index contributed by atoms with van der Waals surface area (Å²) in [5.41, 5.74) is -0.890. The molecule has 1 fully saturated rings. The Balaban J connectivity index is 1.43. The summed E-state index contributed by atoms with van der Waals surface area (Å²) in [6, 6.07) is 8.38. The second-order valence-corrected chi connectivity index (χ2v) is 13.0. The van der Waals surface area contributed by atoms with Crippen LogP contribution in [0.2, 0.25) is 10.0 Å². The Morgan fingerprint density at radius 2 is 1.82 bits per heavy atom. The van der Waals surface area contributed by atoms with Crippen LogP contribution in [0.3, 0.4) is 0 Å². The van der Waals surface area contributed by atoms with Gasteiger partial charge in [0.15, 0.2) is 0 Å². The number of imidazole rings is 1. The van der Waals surface area contributed by atoms with Crippen LogP contribution < -0.4 is 15.0 Å². The van der Waals surface area contributed by atoms with E-state index >= 15 is 0 Å². The minimum Gasteiger partial charge on any atom is -0.481 e. The van der Waals surface area contributed by atoms with E-state index in [1.165, 1.54) is 57.8 Å². The lowest BCUT2D eigenvalue weighted by Crippen LogP contribution is -2.51. The third-order valence-corrected chi connectivity index (χ3v) is 8.87. The van der Waals surface area contributed by atoms with Gasteiger partial charge in [-0.05, 0) is 62.6 Å². The van der Waals surface area contributed by atoms with E-state index in [0.717, 1.165) is 12.1 Å². The number of alkyl halides is 3. The van der Waals surface area contributed by atoms with E-state index in [-0.39, 0.29) is 46.1 Å². The van der Waals surface area contributed by atoms with Crippen LogP contribution >= 0.6 is 23.2 Å². The molecule has 49 heavy (non-hydrogen) atoms. The Hall–Kier alpha value is -4.63. The van der Waals surface area contributed by atoms with Crippen LogP contribution in [0, 0.1) is 11.3 Å². The van der Waals surface area contributed by atoms with Crippen molar-refractivity contribution in [3.05, 3.63) is 70.0 Å². The van der Waals surface area contributed by atoms with Crippen molar-refractivity contribution < 1.29 is 42.2 Å². The van der Waals surface area contributed by atoms with Crippen LogP contribution in [0.15, 0.2) is 48.7 Å². The number of fused-ring (bicyclic) bond motifs is 1. The van der Waals surface area contributed by atoms with Crippen LogP contribution in [-0.2, 0) is 26.3 Å². The Morgan fingerprint density at radius 3 is 2.43 bits per heavy atom. The van der Waals surface area contributed by atoms with E-state index in [1.807, 2.05) is 0 Å². The molecule has 3 atom stereocenters. The highest BCUT2D eigenvalue weighted by Gasteiger charge is 2.51. The highest BCUT2D eigenvalue weighted by Crippen LogP contribution is 2.43. The van der Waals surface area contributed by atoms with E-state index in [2.05, 4.69) is 15.0 Å². The van der Waals surface area contributed by atoms with Crippen LogP contribution in [0.5, 0.6) is 5.75 Å². The molecule has 12 nitrogen and oxygen atoms in total. The van der Waals surface area contributed by atoms with Gasteiger partial charge >= 0.3 is 12.3 Å². The molecule has 3 aromatic rings. The lowest BCUT2D eigenvalue weighted by atomic mass is 9.91. The summed E-state index contributed by atoms with van der Waals surface area (Å²) < 4.78 is 43.6. The maximum absolute atomic E-state index is 14.3. The lowest BCUT2D eigenvalue weighted by molar-refractivity contribution is -0.274. The van der Waals surface area contributed by atoms with E-state index < -0.39 is 59.7 Å². The number of carbonyl (C=O) groups excluding carboxylic acids is 3. The van der Waals surface area contributed by atoms with E-state index in [1.54, 1.807) is 6.92 Å². The summed E-state index contributed by atoms with van der Waals surface area (Å²) in [5, 5.41) is 20.3. The van der Waals surface area contributed by atoms with Gasteiger partial charge < -0.3 is 25.5 Å². The molecule has 260 valence electrons. The molecule has 0 spiro atoms. The predicted molar refractivity (Wildman–Crippen MR) is 173 cm³/mol. The van der Waals surface area contributed by atoms with Gasteiger partial charge in [-0.15, -0.1) is 13.2 Å². The summed E-state index contributed by atoms with van der Waals surface area (Å²) in [6.45, 7) is 3.55. The van der Waals surface area contributed by atoms with Gasteiger partial charge in [-0.25, -0.2) is 9.88 Å². The lowest BCUT2D eigenvalue weighted by Gasteiger charge is -2.34. The average Bonchev–Trinajstić information content (AvgIpc) is 3.53. The molecular formula is C32H31Cl2F3N6O6. The van der Waals surface area contributed by atoms with Crippen molar-refractivity contribution in [2.24, 2.45) is 5.92 Å². The summed E-state index contributed by atoms with van der Waals surface area (Å²) in [5.74, 6) is -3.65. The number of aromatic nitrogens is 2. The Kier molecular flexibility index (Phi) is 9.98. The largest absolute Gasteiger partial charge is 0.573 e. The number of nitrogens with zero attached hydrogens (tertiary/aromatic N) is 4. The molecule has 5 rings (SSSR count).